The Bertz CT molecular complexity index is 593. The Morgan fingerprint density at radius 3 is 2.64 bits per heavy atom. The lowest BCUT2D eigenvalue weighted by molar-refractivity contribution is 0.181. The summed E-state index contributed by atoms with van der Waals surface area (Å²) in [5.74, 6) is 1.65. The molecular formula is C16H24N4OS. The fourth-order valence-electron chi connectivity index (χ4n) is 2.05. The van der Waals surface area contributed by atoms with E-state index in [4.69, 9.17) is 4.74 Å². The summed E-state index contributed by atoms with van der Waals surface area (Å²) < 4.78 is 5.23. The molecule has 0 saturated heterocycles. The fraction of sp³-hybridized carbons (Fsp3) is 0.562. The number of nitrogens with zero attached hydrogens (tertiary/aromatic N) is 3. The average Bonchev–Trinajstić information content (AvgIpc) is 2.98. The lowest BCUT2D eigenvalue weighted by atomic mass is 9.95. The molecular weight excluding hydrogens is 296 g/mol. The normalized spacial score (nSPS) is 13.1. The number of methoxy groups -OCH3 is 1. The van der Waals surface area contributed by atoms with Gasteiger partial charge in [0.15, 0.2) is 0 Å². The molecule has 0 bridgehead atoms. The first kappa shape index (κ1) is 16.8. The van der Waals surface area contributed by atoms with Crippen LogP contribution in [0.5, 0.6) is 0 Å². The van der Waals surface area contributed by atoms with Crippen LogP contribution in [0.3, 0.4) is 0 Å². The number of anilines is 1. The van der Waals surface area contributed by atoms with Crippen molar-refractivity contribution in [1.29, 1.82) is 0 Å². The minimum absolute atomic E-state index is 0.108. The first-order chi connectivity index (χ1) is 10.4. The van der Waals surface area contributed by atoms with Crippen LogP contribution in [0, 0.1) is 0 Å². The molecule has 2 aromatic heterocycles. The Kier molecular flexibility index (Phi) is 5.47. The molecule has 0 aliphatic carbocycles. The minimum Gasteiger partial charge on any atom is -0.378 e. The van der Waals surface area contributed by atoms with Crippen molar-refractivity contribution in [1.82, 2.24) is 15.0 Å². The number of aromatic nitrogens is 3. The summed E-state index contributed by atoms with van der Waals surface area (Å²) >= 11 is 1.66. The third kappa shape index (κ3) is 4.24. The topological polar surface area (TPSA) is 59.9 Å². The van der Waals surface area contributed by atoms with Crippen LogP contribution in [0.25, 0.3) is 0 Å². The molecule has 5 nitrogen and oxygen atoms in total. The number of hydrogen-bond acceptors (Lipinski definition) is 6. The molecule has 0 spiro atoms. The number of rotatable bonds is 6. The molecule has 1 atom stereocenters. The zero-order chi connectivity index (χ0) is 16.2. The zero-order valence-corrected chi connectivity index (χ0v) is 14.7. The second-order valence-electron chi connectivity index (χ2n) is 6.23. The fourth-order valence-corrected chi connectivity index (χ4v) is 2.82. The SMILES string of the molecule is CCC(Nc1cc(COC)nc(C(C)(C)C)n1)c1nccs1. The van der Waals surface area contributed by atoms with E-state index in [2.05, 4.69) is 48.0 Å². The average molecular weight is 320 g/mol. The first-order valence-corrected chi connectivity index (χ1v) is 8.35. The minimum atomic E-state index is -0.108. The molecule has 1 N–H and O–H groups in total. The van der Waals surface area contributed by atoms with Crippen molar-refractivity contribution in [2.75, 3.05) is 12.4 Å². The molecule has 0 fully saturated rings. The van der Waals surface area contributed by atoms with Gasteiger partial charge in [0.05, 0.1) is 18.3 Å². The molecule has 0 aliphatic heterocycles. The lowest BCUT2D eigenvalue weighted by Gasteiger charge is -2.21. The molecule has 6 heteroatoms. The maximum Gasteiger partial charge on any atom is 0.136 e. The summed E-state index contributed by atoms with van der Waals surface area (Å²) in [7, 11) is 1.68. The highest BCUT2D eigenvalue weighted by atomic mass is 32.1. The maximum atomic E-state index is 5.23. The van der Waals surface area contributed by atoms with Gasteiger partial charge in [0.1, 0.15) is 16.6 Å². The molecule has 2 rings (SSSR count). The molecule has 0 saturated carbocycles. The van der Waals surface area contributed by atoms with Crippen molar-refractivity contribution in [3.63, 3.8) is 0 Å². The van der Waals surface area contributed by atoms with Gasteiger partial charge in [0.2, 0.25) is 0 Å². The van der Waals surface area contributed by atoms with Gasteiger partial charge in [-0.1, -0.05) is 27.7 Å². The molecule has 0 aliphatic rings. The summed E-state index contributed by atoms with van der Waals surface area (Å²) in [5.41, 5.74) is 0.780. The second kappa shape index (κ2) is 7.15. The van der Waals surface area contributed by atoms with Gasteiger partial charge >= 0.3 is 0 Å². The van der Waals surface area contributed by atoms with Crippen LogP contribution in [0.1, 0.15) is 56.7 Å². The highest BCUT2D eigenvalue weighted by molar-refractivity contribution is 7.09. The maximum absolute atomic E-state index is 5.23. The number of nitrogens with one attached hydrogen (secondary N) is 1. The standard InChI is InChI=1S/C16H24N4OS/c1-6-12(14-17-7-8-22-14)19-13-9-11(10-21-5)18-15(20-13)16(2,3)4/h7-9,12H,6,10H2,1-5H3,(H,18,19,20). The van der Waals surface area contributed by atoms with E-state index in [1.165, 1.54) is 0 Å². The molecule has 1 unspecified atom stereocenters. The van der Waals surface area contributed by atoms with Crippen LogP contribution in [0.2, 0.25) is 0 Å². The molecule has 0 amide bonds. The quantitative estimate of drug-likeness (QED) is 0.873. The van der Waals surface area contributed by atoms with Crippen LogP contribution in [-0.2, 0) is 16.8 Å². The van der Waals surface area contributed by atoms with Crippen molar-refractivity contribution < 1.29 is 4.74 Å². The predicted molar refractivity (Wildman–Crippen MR) is 90.2 cm³/mol. The van der Waals surface area contributed by atoms with Gasteiger partial charge in [-0.05, 0) is 6.42 Å². The summed E-state index contributed by atoms with van der Waals surface area (Å²) in [4.78, 5) is 13.7. The van der Waals surface area contributed by atoms with E-state index in [9.17, 15) is 0 Å². The van der Waals surface area contributed by atoms with Crippen LogP contribution >= 0.6 is 11.3 Å². The smallest absolute Gasteiger partial charge is 0.136 e. The van der Waals surface area contributed by atoms with E-state index < -0.39 is 0 Å². The van der Waals surface area contributed by atoms with Crippen molar-refractivity contribution >= 4 is 17.2 Å². The Hall–Kier alpha value is -1.53. The monoisotopic (exact) mass is 320 g/mol. The Morgan fingerprint density at radius 2 is 2.09 bits per heavy atom. The van der Waals surface area contributed by atoms with E-state index in [0.717, 1.165) is 28.8 Å². The summed E-state index contributed by atoms with van der Waals surface area (Å²) in [6.07, 6.45) is 2.78. The van der Waals surface area contributed by atoms with Gasteiger partial charge in [-0.2, -0.15) is 0 Å². The van der Waals surface area contributed by atoms with Crippen molar-refractivity contribution in [2.24, 2.45) is 0 Å². The van der Waals surface area contributed by atoms with E-state index in [1.807, 2.05) is 17.6 Å². The van der Waals surface area contributed by atoms with E-state index in [1.54, 1.807) is 18.4 Å². The Labute approximate surface area is 136 Å². The Morgan fingerprint density at radius 1 is 1.32 bits per heavy atom. The van der Waals surface area contributed by atoms with Crippen LogP contribution < -0.4 is 5.32 Å². The van der Waals surface area contributed by atoms with Gasteiger partial charge < -0.3 is 10.1 Å². The number of thiazole rings is 1. The molecule has 0 aromatic carbocycles. The van der Waals surface area contributed by atoms with Crippen LogP contribution in [0.4, 0.5) is 5.82 Å². The number of hydrogen-bond donors (Lipinski definition) is 1. The highest BCUT2D eigenvalue weighted by Gasteiger charge is 2.20. The van der Waals surface area contributed by atoms with Gasteiger partial charge in [0.25, 0.3) is 0 Å². The van der Waals surface area contributed by atoms with E-state index in [-0.39, 0.29) is 11.5 Å². The summed E-state index contributed by atoms with van der Waals surface area (Å²) in [6.45, 7) is 8.96. The van der Waals surface area contributed by atoms with Gasteiger partial charge in [-0.25, -0.2) is 15.0 Å². The van der Waals surface area contributed by atoms with Crippen LogP contribution in [-0.4, -0.2) is 22.1 Å². The molecule has 2 aromatic rings. The summed E-state index contributed by atoms with van der Waals surface area (Å²) in [5, 5.41) is 6.56. The molecule has 2 heterocycles. The zero-order valence-electron chi connectivity index (χ0n) is 13.9. The van der Waals surface area contributed by atoms with Gasteiger partial charge in [-0.3, -0.25) is 0 Å². The van der Waals surface area contributed by atoms with Gasteiger partial charge in [0, 0.05) is 30.2 Å². The molecule has 22 heavy (non-hydrogen) atoms. The third-order valence-corrected chi connectivity index (χ3v) is 4.11. The summed E-state index contributed by atoms with van der Waals surface area (Å²) in [6, 6.07) is 2.12. The first-order valence-electron chi connectivity index (χ1n) is 7.47. The van der Waals surface area contributed by atoms with Crippen molar-refractivity contribution in [3.05, 3.63) is 34.2 Å². The molecule has 0 radical (unpaired) electrons. The van der Waals surface area contributed by atoms with Crippen molar-refractivity contribution in [3.8, 4) is 0 Å². The lowest BCUT2D eigenvalue weighted by Crippen LogP contribution is -2.19. The van der Waals surface area contributed by atoms with Crippen LogP contribution in [0.15, 0.2) is 17.6 Å². The van der Waals surface area contributed by atoms with E-state index >= 15 is 0 Å². The number of ether oxygens (including phenoxy) is 1. The largest absolute Gasteiger partial charge is 0.378 e. The van der Waals surface area contributed by atoms with Gasteiger partial charge in [-0.15, -0.1) is 11.3 Å². The predicted octanol–water partition coefficient (Wildman–Crippen LogP) is 3.94. The third-order valence-electron chi connectivity index (χ3n) is 3.22. The second-order valence-corrected chi connectivity index (χ2v) is 7.15. The van der Waals surface area contributed by atoms with Crippen molar-refractivity contribution in [2.45, 2.75) is 52.2 Å². The highest BCUT2D eigenvalue weighted by Crippen LogP contribution is 2.26. The van der Waals surface area contributed by atoms with E-state index in [0.29, 0.717) is 6.61 Å². The molecule has 120 valence electrons. The Balaban J connectivity index is 2.30.